The molecule has 0 aliphatic carbocycles. The molecule has 0 aliphatic rings. The highest BCUT2D eigenvalue weighted by molar-refractivity contribution is 5.91. The van der Waals surface area contributed by atoms with Gasteiger partial charge < -0.3 is 0 Å². The molecule has 3 aromatic carbocycles. The molecule has 28 heavy (non-hydrogen) atoms. The molecule has 0 nitrogen and oxygen atoms in total. The van der Waals surface area contributed by atoms with Gasteiger partial charge in [-0.1, -0.05) is 56.7 Å². The molecule has 0 heterocycles. The van der Waals surface area contributed by atoms with E-state index in [1.54, 1.807) is 12.1 Å². The normalized spacial score (nSPS) is 12.4. The number of hydrogen-bond acceptors (Lipinski definition) is 0. The van der Waals surface area contributed by atoms with Crippen molar-refractivity contribution < 1.29 is 22.0 Å². The standard InChI is InChI=1S/C23H19F5/c1-3-5-14-10-11-16-12-17(22(27)23(28)18(16)19(14)24)21(26)20(25)15-8-6-13(4-2)7-9-15/h6-12H,3-5H2,1-2H3. The molecule has 5 heteroatoms. The monoisotopic (exact) mass is 390 g/mol. The van der Waals surface area contributed by atoms with Crippen LogP contribution in [0.2, 0.25) is 0 Å². The number of hydrogen-bond donors (Lipinski definition) is 0. The molecule has 0 amide bonds. The highest BCUT2D eigenvalue weighted by atomic mass is 19.2. The van der Waals surface area contributed by atoms with Crippen LogP contribution in [-0.2, 0) is 12.8 Å². The third-order valence-electron chi connectivity index (χ3n) is 4.77. The minimum absolute atomic E-state index is 0.0319. The van der Waals surface area contributed by atoms with Crippen LogP contribution < -0.4 is 0 Å². The first-order valence-corrected chi connectivity index (χ1v) is 9.13. The van der Waals surface area contributed by atoms with Gasteiger partial charge in [-0.15, -0.1) is 0 Å². The lowest BCUT2D eigenvalue weighted by Crippen LogP contribution is -1.99. The Morgan fingerprint density at radius 2 is 1.46 bits per heavy atom. The van der Waals surface area contributed by atoms with E-state index < -0.39 is 40.1 Å². The zero-order valence-electron chi connectivity index (χ0n) is 15.6. The van der Waals surface area contributed by atoms with Crippen molar-refractivity contribution in [3.8, 4) is 0 Å². The number of benzene rings is 3. The van der Waals surface area contributed by atoms with Gasteiger partial charge in [-0.05, 0) is 35.4 Å². The Morgan fingerprint density at radius 1 is 0.786 bits per heavy atom. The van der Waals surface area contributed by atoms with E-state index in [2.05, 4.69) is 0 Å². The summed E-state index contributed by atoms with van der Waals surface area (Å²) >= 11 is 0. The van der Waals surface area contributed by atoms with Crippen LogP contribution in [0, 0.1) is 17.5 Å². The summed E-state index contributed by atoms with van der Waals surface area (Å²) in [5, 5.41) is -0.580. The van der Waals surface area contributed by atoms with Gasteiger partial charge in [0.1, 0.15) is 5.82 Å². The summed E-state index contributed by atoms with van der Waals surface area (Å²) in [7, 11) is 0. The second kappa shape index (κ2) is 8.13. The van der Waals surface area contributed by atoms with Crippen molar-refractivity contribution in [2.75, 3.05) is 0 Å². The van der Waals surface area contributed by atoms with Crippen molar-refractivity contribution in [2.24, 2.45) is 0 Å². The Bertz CT molecular complexity index is 1050. The number of aryl methyl sites for hydroxylation is 2. The number of fused-ring (bicyclic) bond motifs is 1. The summed E-state index contributed by atoms with van der Waals surface area (Å²) in [5.41, 5.74) is 0.223. The third kappa shape index (κ3) is 3.53. The van der Waals surface area contributed by atoms with Crippen LogP contribution in [0.1, 0.15) is 42.5 Å². The van der Waals surface area contributed by atoms with Gasteiger partial charge in [-0.2, -0.15) is 0 Å². The topological polar surface area (TPSA) is 0 Å². The Morgan fingerprint density at radius 3 is 2.07 bits per heavy atom. The lowest BCUT2D eigenvalue weighted by Gasteiger charge is -2.11. The van der Waals surface area contributed by atoms with Crippen LogP contribution in [0.15, 0.2) is 42.5 Å². The van der Waals surface area contributed by atoms with E-state index in [9.17, 15) is 22.0 Å². The fraction of sp³-hybridized carbons (Fsp3) is 0.217. The molecular weight excluding hydrogens is 371 g/mol. The van der Waals surface area contributed by atoms with Gasteiger partial charge in [-0.3, -0.25) is 0 Å². The smallest absolute Gasteiger partial charge is 0.170 e. The van der Waals surface area contributed by atoms with Crippen LogP contribution in [0.5, 0.6) is 0 Å². The van der Waals surface area contributed by atoms with E-state index in [0.29, 0.717) is 12.8 Å². The lowest BCUT2D eigenvalue weighted by molar-refractivity contribution is 0.505. The molecule has 3 aromatic rings. The van der Waals surface area contributed by atoms with Crippen molar-refractivity contribution in [3.05, 3.63) is 82.2 Å². The maximum atomic E-state index is 14.7. The summed E-state index contributed by atoms with van der Waals surface area (Å²) in [6.45, 7) is 3.75. The van der Waals surface area contributed by atoms with Crippen molar-refractivity contribution in [2.45, 2.75) is 33.1 Å². The first-order chi connectivity index (χ1) is 13.4. The van der Waals surface area contributed by atoms with Crippen LogP contribution in [0.25, 0.3) is 22.4 Å². The van der Waals surface area contributed by atoms with E-state index in [1.807, 2.05) is 13.8 Å². The number of rotatable bonds is 5. The summed E-state index contributed by atoms with van der Waals surface area (Å²) in [5.74, 6) is -6.84. The Balaban J connectivity index is 2.16. The molecule has 0 aliphatic heterocycles. The average molecular weight is 390 g/mol. The summed E-state index contributed by atoms with van der Waals surface area (Å²) in [6.07, 6.45) is 1.72. The first-order valence-electron chi connectivity index (χ1n) is 9.13. The van der Waals surface area contributed by atoms with Crippen LogP contribution in [-0.4, -0.2) is 0 Å². The van der Waals surface area contributed by atoms with Gasteiger partial charge in [0, 0.05) is 5.56 Å². The second-order valence-electron chi connectivity index (χ2n) is 6.62. The molecule has 0 N–H and O–H groups in total. The average Bonchev–Trinajstić information content (AvgIpc) is 2.71. The largest absolute Gasteiger partial charge is 0.206 e. The van der Waals surface area contributed by atoms with E-state index in [4.69, 9.17) is 0 Å². The molecule has 3 rings (SSSR count). The van der Waals surface area contributed by atoms with Crippen LogP contribution >= 0.6 is 0 Å². The summed E-state index contributed by atoms with van der Waals surface area (Å²) < 4.78 is 72.8. The molecule has 0 saturated heterocycles. The molecule has 0 bridgehead atoms. The van der Waals surface area contributed by atoms with Crippen LogP contribution in [0.4, 0.5) is 22.0 Å². The highest BCUT2D eigenvalue weighted by Gasteiger charge is 2.23. The predicted octanol–water partition coefficient (Wildman–Crippen LogP) is 7.54. The second-order valence-corrected chi connectivity index (χ2v) is 6.62. The van der Waals surface area contributed by atoms with Gasteiger partial charge in [0.2, 0.25) is 0 Å². The quantitative estimate of drug-likeness (QED) is 0.312. The van der Waals surface area contributed by atoms with E-state index >= 15 is 0 Å². The van der Waals surface area contributed by atoms with E-state index in [0.717, 1.165) is 18.1 Å². The molecule has 0 aromatic heterocycles. The van der Waals surface area contributed by atoms with E-state index in [-0.39, 0.29) is 16.5 Å². The third-order valence-corrected chi connectivity index (χ3v) is 4.77. The Labute approximate surface area is 160 Å². The minimum atomic E-state index is -1.61. The van der Waals surface area contributed by atoms with Gasteiger partial charge in [0.15, 0.2) is 23.3 Å². The summed E-state index contributed by atoms with van der Waals surface area (Å²) in [4.78, 5) is 0. The van der Waals surface area contributed by atoms with Crippen molar-refractivity contribution >= 4 is 22.4 Å². The maximum Gasteiger partial charge on any atom is 0.170 e. The predicted molar refractivity (Wildman–Crippen MR) is 103 cm³/mol. The van der Waals surface area contributed by atoms with Gasteiger partial charge >= 0.3 is 0 Å². The van der Waals surface area contributed by atoms with Crippen molar-refractivity contribution in [3.63, 3.8) is 0 Å². The molecule has 0 spiro atoms. The molecule has 0 radical (unpaired) electrons. The molecule has 146 valence electrons. The Hall–Kier alpha value is -2.69. The summed E-state index contributed by atoms with van der Waals surface area (Å²) in [6, 6.07) is 9.77. The fourth-order valence-corrected chi connectivity index (χ4v) is 3.18. The van der Waals surface area contributed by atoms with Crippen molar-refractivity contribution in [1.29, 1.82) is 0 Å². The van der Waals surface area contributed by atoms with E-state index in [1.165, 1.54) is 24.3 Å². The van der Waals surface area contributed by atoms with Gasteiger partial charge in [0.25, 0.3) is 0 Å². The first kappa shape index (κ1) is 20.1. The maximum absolute atomic E-state index is 14.7. The number of halogens is 5. The molecule has 0 saturated carbocycles. The molecule has 0 unspecified atom stereocenters. The van der Waals surface area contributed by atoms with Gasteiger partial charge in [-0.25, -0.2) is 22.0 Å². The van der Waals surface area contributed by atoms with Gasteiger partial charge in [0.05, 0.1) is 10.9 Å². The Kier molecular flexibility index (Phi) is 5.82. The lowest BCUT2D eigenvalue weighted by atomic mass is 9.99. The van der Waals surface area contributed by atoms with Crippen LogP contribution in [0.3, 0.4) is 0 Å². The molecular formula is C23H19F5. The zero-order chi connectivity index (χ0) is 20.4. The highest BCUT2D eigenvalue weighted by Crippen LogP contribution is 2.35. The SMILES string of the molecule is CCCc1ccc2cc(C(F)=C(F)c3ccc(CC)cc3)c(F)c(F)c2c1F. The minimum Gasteiger partial charge on any atom is -0.206 e. The fourth-order valence-electron chi connectivity index (χ4n) is 3.18. The zero-order valence-corrected chi connectivity index (χ0v) is 15.6. The van der Waals surface area contributed by atoms with Crippen molar-refractivity contribution in [1.82, 2.24) is 0 Å². The molecule has 0 atom stereocenters. The molecule has 0 fully saturated rings.